The van der Waals surface area contributed by atoms with E-state index < -0.39 is 20.1 Å². The molecule has 4 aromatic rings. The third-order valence-corrected chi connectivity index (χ3v) is 7.30. The predicted octanol–water partition coefficient (Wildman–Crippen LogP) is 4.17. The van der Waals surface area contributed by atoms with Crippen molar-refractivity contribution in [2.45, 2.75) is 23.1 Å². The Morgan fingerprint density at radius 1 is 0.844 bits per heavy atom. The standard InChI is InChI=1S/C23H19NO6S2/c1-15(25)11-16-5-6-19-13-21(10-8-18(19)12-16)31(26,27)24-20-9-7-17-3-2-4-23(22(17)14-20)32(28,29)30/h2-10,12-14,24H,11H2,1H3,(H,28,29,30). The van der Waals surface area contributed by atoms with E-state index >= 15 is 0 Å². The molecular weight excluding hydrogens is 450 g/mol. The molecule has 4 aromatic carbocycles. The largest absolute Gasteiger partial charge is 0.300 e. The third kappa shape index (κ3) is 4.50. The quantitative estimate of drug-likeness (QED) is 0.409. The Hall–Kier alpha value is -3.27. The molecule has 0 aliphatic heterocycles. The minimum atomic E-state index is -4.48. The number of nitrogens with one attached hydrogen (secondary N) is 1. The molecule has 0 unspecified atom stereocenters. The van der Waals surface area contributed by atoms with Crippen LogP contribution < -0.4 is 4.72 Å². The molecule has 0 aliphatic rings. The topological polar surface area (TPSA) is 118 Å². The summed E-state index contributed by atoms with van der Waals surface area (Å²) in [6.07, 6.45) is 0.311. The number of anilines is 1. The number of rotatable bonds is 6. The Labute approximate surface area is 185 Å². The maximum absolute atomic E-state index is 13.0. The van der Waals surface area contributed by atoms with Crippen LogP contribution in [0.3, 0.4) is 0 Å². The van der Waals surface area contributed by atoms with Gasteiger partial charge in [-0.15, -0.1) is 0 Å². The van der Waals surface area contributed by atoms with Crippen LogP contribution in [-0.4, -0.2) is 27.2 Å². The SMILES string of the molecule is CC(=O)Cc1ccc2cc(S(=O)(=O)Nc3ccc4cccc(S(=O)(=O)O)c4c3)ccc2c1. The van der Waals surface area contributed by atoms with Crippen LogP contribution >= 0.6 is 0 Å². The van der Waals surface area contributed by atoms with Crippen molar-refractivity contribution < 1.29 is 26.2 Å². The van der Waals surface area contributed by atoms with E-state index in [0.717, 1.165) is 10.9 Å². The maximum Gasteiger partial charge on any atom is 0.295 e. The summed E-state index contributed by atoms with van der Waals surface area (Å²) in [6.45, 7) is 1.51. The molecule has 32 heavy (non-hydrogen) atoms. The van der Waals surface area contributed by atoms with Gasteiger partial charge in [0, 0.05) is 17.5 Å². The van der Waals surface area contributed by atoms with Crippen LogP contribution in [0, 0.1) is 0 Å². The van der Waals surface area contributed by atoms with E-state index in [4.69, 9.17) is 0 Å². The highest BCUT2D eigenvalue weighted by atomic mass is 32.2. The molecule has 0 bridgehead atoms. The summed E-state index contributed by atoms with van der Waals surface area (Å²) in [7, 11) is -8.44. The van der Waals surface area contributed by atoms with E-state index in [-0.39, 0.29) is 26.6 Å². The Morgan fingerprint density at radius 2 is 1.53 bits per heavy atom. The summed E-state index contributed by atoms with van der Waals surface area (Å²) < 4.78 is 61.2. The summed E-state index contributed by atoms with van der Waals surface area (Å²) >= 11 is 0. The minimum Gasteiger partial charge on any atom is -0.300 e. The van der Waals surface area contributed by atoms with Gasteiger partial charge >= 0.3 is 0 Å². The van der Waals surface area contributed by atoms with E-state index in [1.54, 1.807) is 30.3 Å². The lowest BCUT2D eigenvalue weighted by Gasteiger charge is -2.11. The lowest BCUT2D eigenvalue weighted by molar-refractivity contribution is -0.116. The molecule has 0 aromatic heterocycles. The first-order valence-electron chi connectivity index (χ1n) is 9.58. The molecule has 0 heterocycles. The highest BCUT2D eigenvalue weighted by molar-refractivity contribution is 7.92. The van der Waals surface area contributed by atoms with E-state index in [9.17, 15) is 26.2 Å². The van der Waals surface area contributed by atoms with Crippen molar-refractivity contribution in [3.8, 4) is 0 Å². The number of carbonyl (C=O) groups is 1. The number of hydrogen-bond acceptors (Lipinski definition) is 5. The average Bonchev–Trinajstić information content (AvgIpc) is 2.71. The first-order valence-corrected chi connectivity index (χ1v) is 12.5. The summed E-state index contributed by atoms with van der Waals surface area (Å²) in [5.74, 6) is 0.0419. The molecule has 4 rings (SSSR count). The van der Waals surface area contributed by atoms with Crippen molar-refractivity contribution in [3.63, 3.8) is 0 Å². The van der Waals surface area contributed by atoms with Gasteiger partial charge in [0.05, 0.1) is 4.90 Å². The molecule has 0 radical (unpaired) electrons. The normalized spacial score (nSPS) is 12.2. The first-order chi connectivity index (χ1) is 15.0. The molecule has 0 aliphatic carbocycles. The summed E-state index contributed by atoms with van der Waals surface area (Å²) in [5, 5.41) is 2.25. The molecule has 0 saturated heterocycles. The van der Waals surface area contributed by atoms with Crippen LogP contribution in [0.1, 0.15) is 12.5 Å². The van der Waals surface area contributed by atoms with Crippen molar-refractivity contribution in [2.24, 2.45) is 0 Å². The Bertz CT molecular complexity index is 1590. The van der Waals surface area contributed by atoms with E-state index in [0.29, 0.717) is 17.2 Å². The van der Waals surface area contributed by atoms with Gasteiger partial charge in [-0.3, -0.25) is 14.1 Å². The zero-order chi connectivity index (χ0) is 23.1. The lowest BCUT2D eigenvalue weighted by atomic mass is 10.0. The lowest BCUT2D eigenvalue weighted by Crippen LogP contribution is -2.13. The molecule has 0 saturated carbocycles. The Balaban J connectivity index is 1.70. The fourth-order valence-electron chi connectivity index (χ4n) is 3.58. The number of ketones is 1. The van der Waals surface area contributed by atoms with Gasteiger partial charge in [-0.1, -0.05) is 42.5 Å². The van der Waals surface area contributed by atoms with Gasteiger partial charge in [0.1, 0.15) is 10.7 Å². The molecule has 164 valence electrons. The fourth-order valence-corrected chi connectivity index (χ4v) is 5.37. The van der Waals surface area contributed by atoms with Gasteiger partial charge in [0.2, 0.25) is 0 Å². The molecule has 0 spiro atoms. The summed E-state index contributed by atoms with van der Waals surface area (Å²) in [5.41, 5.74) is 1.01. The van der Waals surface area contributed by atoms with Gasteiger partial charge in [-0.25, -0.2) is 8.42 Å². The second kappa shape index (κ2) is 8.01. The van der Waals surface area contributed by atoms with Gasteiger partial charge in [-0.2, -0.15) is 8.42 Å². The molecule has 7 nitrogen and oxygen atoms in total. The number of carbonyl (C=O) groups excluding carboxylic acids is 1. The number of Topliss-reactive ketones (excluding diaryl/α,β-unsaturated/α-hetero) is 1. The minimum absolute atomic E-state index is 0.0347. The van der Waals surface area contributed by atoms with Crippen LogP contribution in [0.5, 0.6) is 0 Å². The molecule has 0 atom stereocenters. The van der Waals surface area contributed by atoms with Gasteiger partial charge in [0.15, 0.2) is 0 Å². The van der Waals surface area contributed by atoms with Crippen LogP contribution in [0.15, 0.2) is 82.6 Å². The number of fused-ring (bicyclic) bond motifs is 2. The van der Waals surface area contributed by atoms with Crippen LogP contribution in [0.4, 0.5) is 5.69 Å². The van der Waals surface area contributed by atoms with E-state index in [2.05, 4.69) is 4.72 Å². The number of sulfonamides is 1. The smallest absolute Gasteiger partial charge is 0.295 e. The van der Waals surface area contributed by atoms with Crippen molar-refractivity contribution in [2.75, 3.05) is 4.72 Å². The van der Waals surface area contributed by atoms with Gasteiger partial charge < -0.3 is 0 Å². The second-order valence-electron chi connectivity index (χ2n) is 7.49. The van der Waals surface area contributed by atoms with E-state index in [1.807, 2.05) is 6.07 Å². The summed E-state index contributed by atoms with van der Waals surface area (Å²) in [4.78, 5) is 11.1. The highest BCUT2D eigenvalue weighted by Gasteiger charge is 2.18. The number of hydrogen-bond donors (Lipinski definition) is 2. The molecule has 0 amide bonds. The van der Waals surface area contributed by atoms with Crippen LogP contribution in [0.25, 0.3) is 21.5 Å². The number of benzene rings is 4. The molecule has 2 N–H and O–H groups in total. The maximum atomic E-state index is 13.0. The Morgan fingerprint density at radius 3 is 2.25 bits per heavy atom. The predicted molar refractivity (Wildman–Crippen MR) is 123 cm³/mol. The van der Waals surface area contributed by atoms with Crippen LogP contribution in [0.2, 0.25) is 0 Å². The average molecular weight is 470 g/mol. The highest BCUT2D eigenvalue weighted by Crippen LogP contribution is 2.28. The Kier molecular flexibility index (Phi) is 5.49. The van der Waals surface area contributed by atoms with E-state index in [1.165, 1.54) is 43.3 Å². The first kappa shape index (κ1) is 21.9. The summed E-state index contributed by atoms with van der Waals surface area (Å²) in [6, 6.07) is 18.9. The molecule has 9 heteroatoms. The monoisotopic (exact) mass is 469 g/mol. The second-order valence-corrected chi connectivity index (χ2v) is 10.6. The van der Waals surface area contributed by atoms with Crippen molar-refractivity contribution in [1.82, 2.24) is 0 Å². The zero-order valence-electron chi connectivity index (χ0n) is 16.9. The van der Waals surface area contributed by atoms with Gasteiger partial charge in [0.25, 0.3) is 20.1 Å². The zero-order valence-corrected chi connectivity index (χ0v) is 18.6. The van der Waals surface area contributed by atoms with Crippen molar-refractivity contribution >= 4 is 53.2 Å². The van der Waals surface area contributed by atoms with Crippen molar-refractivity contribution in [3.05, 3.63) is 78.4 Å². The molecular formula is C23H19NO6S2. The third-order valence-electron chi connectivity index (χ3n) is 5.01. The molecule has 0 fully saturated rings. The fraction of sp³-hybridized carbons (Fsp3) is 0.0870. The van der Waals surface area contributed by atoms with Crippen LogP contribution in [-0.2, 0) is 31.4 Å². The van der Waals surface area contributed by atoms with Crippen molar-refractivity contribution in [1.29, 1.82) is 0 Å². The van der Waals surface area contributed by atoms with Gasteiger partial charge in [-0.05, 0) is 59.0 Å².